The minimum absolute atomic E-state index is 0.354. The Hall–Kier alpha value is -0.0600. The molecule has 0 unspecified atom stereocenters. The number of hydrogen-bond acceptors (Lipinski definition) is 2. The summed E-state index contributed by atoms with van der Waals surface area (Å²) in [7, 11) is -3.88. The largest absolute Gasteiger partial charge is 0.285 e. The molecule has 0 aliphatic rings. The van der Waals surface area contributed by atoms with Gasteiger partial charge in [0.1, 0.15) is 0 Å². The van der Waals surface area contributed by atoms with Crippen molar-refractivity contribution in [2.75, 3.05) is 5.75 Å². The lowest BCUT2D eigenvalue weighted by molar-refractivity contribution is 0.486. The van der Waals surface area contributed by atoms with Crippen molar-refractivity contribution in [1.82, 2.24) is 0 Å². The SMILES string of the molecule is CC(Cl)=CCS(=O)(=O)O. The Morgan fingerprint density at radius 2 is 2.22 bits per heavy atom. The highest BCUT2D eigenvalue weighted by atomic mass is 35.5. The van der Waals surface area contributed by atoms with Gasteiger partial charge in [-0.15, -0.1) is 0 Å². The van der Waals surface area contributed by atoms with Crippen LogP contribution in [0.15, 0.2) is 11.1 Å². The summed E-state index contributed by atoms with van der Waals surface area (Å²) in [5, 5.41) is 0.354. The normalized spacial score (nSPS) is 13.9. The van der Waals surface area contributed by atoms with Crippen LogP contribution in [0.2, 0.25) is 0 Å². The van der Waals surface area contributed by atoms with Gasteiger partial charge in [0, 0.05) is 5.03 Å². The van der Waals surface area contributed by atoms with Gasteiger partial charge in [0.25, 0.3) is 10.1 Å². The van der Waals surface area contributed by atoms with E-state index in [1.54, 1.807) is 0 Å². The molecule has 0 saturated carbocycles. The van der Waals surface area contributed by atoms with E-state index in [1.807, 2.05) is 0 Å². The quantitative estimate of drug-likeness (QED) is 0.630. The molecule has 0 aromatic rings. The highest BCUT2D eigenvalue weighted by Crippen LogP contribution is 1.98. The van der Waals surface area contributed by atoms with E-state index in [9.17, 15) is 8.42 Å². The van der Waals surface area contributed by atoms with Crippen molar-refractivity contribution in [3.63, 3.8) is 0 Å². The van der Waals surface area contributed by atoms with Gasteiger partial charge in [-0.2, -0.15) is 8.42 Å². The monoisotopic (exact) mass is 170 g/mol. The number of hydrogen-bond donors (Lipinski definition) is 1. The minimum atomic E-state index is -3.88. The third-order valence-electron chi connectivity index (χ3n) is 0.575. The molecule has 54 valence electrons. The van der Waals surface area contributed by atoms with Crippen molar-refractivity contribution in [1.29, 1.82) is 0 Å². The molecule has 9 heavy (non-hydrogen) atoms. The van der Waals surface area contributed by atoms with Gasteiger partial charge < -0.3 is 0 Å². The van der Waals surface area contributed by atoms with E-state index in [2.05, 4.69) is 0 Å². The van der Waals surface area contributed by atoms with Crippen molar-refractivity contribution < 1.29 is 13.0 Å². The van der Waals surface area contributed by atoms with Crippen LogP contribution in [0.4, 0.5) is 0 Å². The molecule has 0 rings (SSSR count). The predicted octanol–water partition coefficient (Wildman–Crippen LogP) is 1.02. The molecule has 0 amide bonds. The molecule has 0 heterocycles. The first kappa shape index (κ1) is 8.94. The van der Waals surface area contributed by atoms with Gasteiger partial charge in [-0.25, -0.2) is 0 Å². The van der Waals surface area contributed by atoms with Crippen LogP contribution in [0.5, 0.6) is 0 Å². The molecule has 0 spiro atoms. The van der Waals surface area contributed by atoms with Crippen LogP contribution in [0.1, 0.15) is 6.92 Å². The molecule has 0 aliphatic heterocycles. The first-order valence-electron chi connectivity index (χ1n) is 2.19. The first-order chi connectivity index (χ1) is 3.92. The molecule has 0 bridgehead atoms. The Bertz CT molecular complexity index is 200. The predicted molar refractivity (Wildman–Crippen MR) is 36.0 cm³/mol. The van der Waals surface area contributed by atoms with Crippen LogP contribution in [-0.2, 0) is 10.1 Å². The smallest absolute Gasteiger partial charge is 0.268 e. The summed E-state index contributed by atoms with van der Waals surface area (Å²) < 4.78 is 28.1. The molecule has 3 nitrogen and oxygen atoms in total. The van der Waals surface area contributed by atoms with Crippen molar-refractivity contribution in [3.05, 3.63) is 11.1 Å². The molecule has 0 atom stereocenters. The molecular weight excluding hydrogens is 164 g/mol. The second-order valence-corrected chi connectivity index (χ2v) is 3.63. The van der Waals surface area contributed by atoms with E-state index in [-0.39, 0.29) is 0 Å². The van der Waals surface area contributed by atoms with Crippen LogP contribution in [0.25, 0.3) is 0 Å². The van der Waals surface area contributed by atoms with Gasteiger partial charge in [0.2, 0.25) is 0 Å². The van der Waals surface area contributed by atoms with E-state index in [0.717, 1.165) is 0 Å². The Morgan fingerprint density at radius 3 is 2.33 bits per heavy atom. The second-order valence-electron chi connectivity index (χ2n) is 1.54. The van der Waals surface area contributed by atoms with E-state index >= 15 is 0 Å². The van der Waals surface area contributed by atoms with E-state index < -0.39 is 15.9 Å². The topological polar surface area (TPSA) is 54.4 Å². The van der Waals surface area contributed by atoms with Crippen molar-refractivity contribution >= 4 is 21.7 Å². The van der Waals surface area contributed by atoms with Gasteiger partial charge in [-0.1, -0.05) is 17.7 Å². The standard InChI is InChI=1S/C4H7ClO3S/c1-4(5)2-3-9(6,7)8/h2H,3H2,1H3,(H,6,7,8). The summed E-state index contributed by atoms with van der Waals surface area (Å²) >= 11 is 5.27. The van der Waals surface area contributed by atoms with E-state index in [0.29, 0.717) is 5.03 Å². The van der Waals surface area contributed by atoms with Crippen LogP contribution >= 0.6 is 11.6 Å². The minimum Gasteiger partial charge on any atom is -0.285 e. The zero-order valence-corrected chi connectivity index (χ0v) is 6.41. The maximum atomic E-state index is 9.99. The molecular formula is C4H7ClO3S. The zero-order valence-electron chi connectivity index (χ0n) is 4.83. The number of rotatable bonds is 2. The molecule has 0 radical (unpaired) electrons. The molecule has 0 aromatic carbocycles. The Morgan fingerprint density at radius 1 is 1.78 bits per heavy atom. The van der Waals surface area contributed by atoms with Crippen molar-refractivity contribution in [3.8, 4) is 0 Å². The number of allylic oxidation sites excluding steroid dienone is 1. The Labute approximate surface area is 59.1 Å². The fraction of sp³-hybridized carbons (Fsp3) is 0.500. The summed E-state index contributed by atoms with van der Waals surface area (Å²) in [6.45, 7) is 1.53. The van der Waals surface area contributed by atoms with Crippen LogP contribution < -0.4 is 0 Å². The molecule has 0 aliphatic carbocycles. The highest BCUT2D eigenvalue weighted by molar-refractivity contribution is 7.85. The summed E-state index contributed by atoms with van der Waals surface area (Å²) in [6, 6.07) is 0. The van der Waals surface area contributed by atoms with Crippen LogP contribution in [0.3, 0.4) is 0 Å². The zero-order chi connectivity index (χ0) is 7.49. The number of halogens is 1. The van der Waals surface area contributed by atoms with Gasteiger partial charge in [0.15, 0.2) is 0 Å². The molecule has 0 fully saturated rings. The molecule has 0 aromatic heterocycles. The maximum absolute atomic E-state index is 9.99. The molecule has 0 saturated heterocycles. The van der Waals surface area contributed by atoms with Crippen molar-refractivity contribution in [2.24, 2.45) is 0 Å². The summed E-state index contributed by atoms with van der Waals surface area (Å²) in [5.41, 5.74) is 0. The van der Waals surface area contributed by atoms with Gasteiger partial charge in [-0.3, -0.25) is 4.55 Å². The van der Waals surface area contributed by atoms with Gasteiger partial charge in [-0.05, 0) is 6.92 Å². The lowest BCUT2D eigenvalue weighted by atomic mass is 10.6. The summed E-state index contributed by atoms with van der Waals surface area (Å²) in [6.07, 6.45) is 1.22. The van der Waals surface area contributed by atoms with Crippen LogP contribution in [0, 0.1) is 0 Å². The third-order valence-corrected chi connectivity index (χ3v) is 1.32. The second kappa shape index (κ2) is 3.20. The fourth-order valence-corrected chi connectivity index (χ4v) is 0.849. The fourth-order valence-electron chi connectivity index (χ4n) is 0.220. The average molecular weight is 171 g/mol. The van der Waals surface area contributed by atoms with Crippen LogP contribution in [-0.4, -0.2) is 18.7 Å². The van der Waals surface area contributed by atoms with Gasteiger partial charge >= 0.3 is 0 Å². The van der Waals surface area contributed by atoms with E-state index in [1.165, 1.54) is 13.0 Å². The lowest BCUT2D eigenvalue weighted by Gasteiger charge is -1.87. The van der Waals surface area contributed by atoms with Gasteiger partial charge in [0.05, 0.1) is 5.75 Å². The molecule has 5 heteroatoms. The Balaban J connectivity index is 3.95. The first-order valence-corrected chi connectivity index (χ1v) is 4.18. The van der Waals surface area contributed by atoms with Crippen molar-refractivity contribution in [2.45, 2.75) is 6.92 Å². The summed E-state index contributed by atoms with van der Waals surface area (Å²) in [5.74, 6) is -0.414. The lowest BCUT2D eigenvalue weighted by Crippen LogP contribution is -2.00. The van der Waals surface area contributed by atoms with E-state index in [4.69, 9.17) is 16.2 Å². The highest BCUT2D eigenvalue weighted by Gasteiger charge is 1.98. The molecule has 1 N–H and O–H groups in total. The third kappa shape index (κ3) is 7.94. The maximum Gasteiger partial charge on any atom is 0.268 e. The Kier molecular flexibility index (Phi) is 3.17. The summed E-state index contributed by atoms with van der Waals surface area (Å²) in [4.78, 5) is 0. The average Bonchev–Trinajstić information content (AvgIpc) is 1.59.